The number of benzene rings is 8. The second-order valence-electron chi connectivity index (χ2n) is 14.8. The van der Waals surface area contributed by atoms with Crippen molar-refractivity contribution in [3.63, 3.8) is 0 Å². The largest absolute Gasteiger partial charge is 0.455 e. The fraction of sp³-hybridized carbons (Fsp3) is 0.0185. The summed E-state index contributed by atoms with van der Waals surface area (Å²) in [5.41, 5.74) is 14.4. The minimum absolute atomic E-state index is 0.00359. The molecule has 0 radical (unpaired) electrons. The molecule has 2 aliphatic rings. The quantitative estimate of drug-likeness (QED) is 0.177. The van der Waals surface area contributed by atoms with E-state index in [0.29, 0.717) is 0 Å². The number of aliphatic imine (C=N–C) groups is 1. The Morgan fingerprint density at radius 3 is 1.90 bits per heavy atom. The third-order valence-corrected chi connectivity index (χ3v) is 11.3. The Balaban J connectivity index is 1.04. The summed E-state index contributed by atoms with van der Waals surface area (Å²) in [6, 6.07) is 66.8. The maximum absolute atomic E-state index is 6.80. The Morgan fingerprint density at radius 1 is 0.500 bits per heavy atom. The van der Waals surface area contributed by atoms with Crippen molar-refractivity contribution in [3.05, 3.63) is 223 Å². The van der Waals surface area contributed by atoms with E-state index in [4.69, 9.17) is 9.41 Å². The van der Waals surface area contributed by atoms with E-state index in [1.54, 1.807) is 0 Å². The van der Waals surface area contributed by atoms with Crippen molar-refractivity contribution in [1.82, 2.24) is 5.32 Å². The lowest BCUT2D eigenvalue weighted by Gasteiger charge is -2.28. The molecule has 8 aromatic carbocycles. The molecule has 0 amide bonds. The number of rotatable bonds is 7. The number of hydrogen-bond donors (Lipinski definition) is 1. The molecule has 0 bridgehead atoms. The standard InChI is InChI=1S/C54H37N3O/c1-3-13-36(14-4-1)38-23-28-42(29-24-38)57(44-32-25-37-15-7-8-18-41(37)35-44)43-30-26-39(27-31-43)45-33-34-47(54-51(45)46-19-9-12-22-50(46)58-54)53-52(40-16-5-2-6-17-40)55-48-20-10-11-21-49(48)56-53/h1-35,48,55H. The zero-order valence-corrected chi connectivity index (χ0v) is 31.6. The average Bonchev–Trinajstić information content (AvgIpc) is 3.69. The van der Waals surface area contributed by atoms with Crippen LogP contribution in [0.4, 0.5) is 17.1 Å². The predicted molar refractivity (Wildman–Crippen MR) is 243 cm³/mol. The van der Waals surface area contributed by atoms with E-state index in [-0.39, 0.29) is 6.04 Å². The molecule has 1 aliphatic carbocycles. The van der Waals surface area contributed by atoms with Gasteiger partial charge in [0.25, 0.3) is 0 Å². The predicted octanol–water partition coefficient (Wildman–Crippen LogP) is 13.9. The smallest absolute Gasteiger partial charge is 0.145 e. The number of nitrogens with zero attached hydrogens (tertiary/aromatic N) is 2. The lowest BCUT2D eigenvalue weighted by atomic mass is 9.93. The van der Waals surface area contributed by atoms with Crippen LogP contribution < -0.4 is 10.2 Å². The molecule has 1 atom stereocenters. The van der Waals surface area contributed by atoms with Gasteiger partial charge in [-0.15, -0.1) is 0 Å². The third-order valence-electron chi connectivity index (χ3n) is 11.3. The molecule has 1 N–H and O–H groups in total. The highest BCUT2D eigenvalue weighted by atomic mass is 16.3. The van der Waals surface area contributed by atoms with Crippen LogP contribution in [0.2, 0.25) is 0 Å². The van der Waals surface area contributed by atoms with E-state index >= 15 is 0 Å². The van der Waals surface area contributed by atoms with E-state index in [2.05, 4.69) is 204 Å². The highest BCUT2D eigenvalue weighted by Gasteiger charge is 2.27. The molecule has 4 nitrogen and oxygen atoms in total. The van der Waals surface area contributed by atoms with Crippen molar-refractivity contribution in [2.24, 2.45) is 4.99 Å². The van der Waals surface area contributed by atoms with Crippen LogP contribution in [-0.4, -0.2) is 11.8 Å². The highest BCUT2D eigenvalue weighted by Crippen LogP contribution is 2.44. The summed E-state index contributed by atoms with van der Waals surface area (Å²) >= 11 is 0. The van der Waals surface area contributed by atoms with E-state index < -0.39 is 0 Å². The van der Waals surface area contributed by atoms with Crippen LogP contribution in [0.5, 0.6) is 0 Å². The summed E-state index contributed by atoms with van der Waals surface area (Å²) in [6.07, 6.45) is 8.37. The summed E-state index contributed by atoms with van der Waals surface area (Å²) in [6.45, 7) is 0. The zero-order chi connectivity index (χ0) is 38.4. The number of nitrogens with one attached hydrogen (secondary N) is 1. The number of para-hydroxylation sites is 1. The number of furan rings is 1. The van der Waals surface area contributed by atoms with Gasteiger partial charge < -0.3 is 14.6 Å². The van der Waals surface area contributed by atoms with E-state index in [9.17, 15) is 0 Å². The Bertz CT molecular complexity index is 3120. The van der Waals surface area contributed by atoms with Gasteiger partial charge in [-0.1, -0.05) is 158 Å². The summed E-state index contributed by atoms with van der Waals surface area (Å²) in [7, 11) is 0. The molecule has 1 aliphatic heterocycles. The molecule has 274 valence electrons. The van der Waals surface area contributed by atoms with Crippen molar-refractivity contribution >= 4 is 66.9 Å². The minimum atomic E-state index is 0.00359. The maximum atomic E-state index is 6.80. The van der Waals surface area contributed by atoms with Gasteiger partial charge in [0.15, 0.2) is 0 Å². The van der Waals surface area contributed by atoms with Crippen LogP contribution in [0.15, 0.2) is 222 Å². The first-order valence-electron chi connectivity index (χ1n) is 19.7. The second kappa shape index (κ2) is 14.1. The fourth-order valence-corrected chi connectivity index (χ4v) is 8.43. The average molecular weight is 744 g/mol. The van der Waals surface area contributed by atoms with Gasteiger partial charge >= 0.3 is 0 Å². The molecule has 2 heterocycles. The SMILES string of the molecule is C1=CC2=NC(c3ccc(-c4ccc(N(c5ccc(-c6ccccc6)cc5)c5ccc6ccccc6c5)cc4)c4c3oc3ccccc34)=C(c3ccccc3)NC2C=C1. The topological polar surface area (TPSA) is 40.8 Å². The van der Waals surface area contributed by atoms with Crippen molar-refractivity contribution in [2.45, 2.75) is 6.04 Å². The van der Waals surface area contributed by atoms with Crippen LogP contribution in [0.25, 0.3) is 66.4 Å². The molecule has 0 fully saturated rings. The molecule has 11 rings (SSSR count). The van der Waals surface area contributed by atoms with Crippen LogP contribution in [0, 0.1) is 0 Å². The van der Waals surface area contributed by atoms with Gasteiger partial charge in [0.2, 0.25) is 0 Å². The van der Waals surface area contributed by atoms with Gasteiger partial charge in [-0.3, -0.25) is 0 Å². The lowest BCUT2D eigenvalue weighted by molar-refractivity contribution is 0.667. The molecule has 1 unspecified atom stereocenters. The van der Waals surface area contributed by atoms with Gasteiger partial charge in [0.1, 0.15) is 11.2 Å². The molecule has 58 heavy (non-hydrogen) atoms. The lowest BCUT2D eigenvalue weighted by Crippen LogP contribution is -2.37. The van der Waals surface area contributed by atoms with E-state index in [1.807, 2.05) is 18.2 Å². The number of allylic oxidation sites excluding steroid dienone is 2. The third kappa shape index (κ3) is 5.91. The minimum Gasteiger partial charge on any atom is -0.455 e. The Labute approximate surface area is 337 Å². The highest BCUT2D eigenvalue weighted by molar-refractivity contribution is 6.18. The first-order chi connectivity index (χ1) is 28.7. The molecular formula is C54H37N3O. The van der Waals surface area contributed by atoms with Crippen LogP contribution in [0.1, 0.15) is 11.1 Å². The maximum Gasteiger partial charge on any atom is 0.145 e. The number of hydrogen-bond acceptors (Lipinski definition) is 4. The number of anilines is 3. The van der Waals surface area contributed by atoms with Crippen LogP contribution >= 0.6 is 0 Å². The molecule has 9 aromatic rings. The van der Waals surface area contributed by atoms with Gasteiger partial charge in [-0.05, 0) is 93.2 Å². The molecule has 0 saturated carbocycles. The molecular weight excluding hydrogens is 707 g/mol. The molecule has 0 spiro atoms. The van der Waals surface area contributed by atoms with E-state index in [0.717, 1.165) is 78.4 Å². The first kappa shape index (κ1) is 33.6. The van der Waals surface area contributed by atoms with Gasteiger partial charge in [0, 0.05) is 33.4 Å². The first-order valence-corrected chi connectivity index (χ1v) is 19.7. The van der Waals surface area contributed by atoms with Crippen molar-refractivity contribution in [3.8, 4) is 22.3 Å². The van der Waals surface area contributed by atoms with Crippen LogP contribution in [-0.2, 0) is 0 Å². The summed E-state index contributed by atoms with van der Waals surface area (Å²) in [5, 5.41) is 8.36. The normalized spacial score (nSPS) is 14.8. The van der Waals surface area contributed by atoms with E-state index in [1.165, 1.54) is 21.9 Å². The van der Waals surface area contributed by atoms with Gasteiger partial charge in [-0.25, -0.2) is 4.99 Å². The van der Waals surface area contributed by atoms with Crippen molar-refractivity contribution in [2.75, 3.05) is 4.90 Å². The Morgan fingerprint density at radius 2 is 1.12 bits per heavy atom. The zero-order valence-electron chi connectivity index (χ0n) is 31.6. The Kier molecular flexibility index (Phi) is 8.18. The van der Waals surface area contributed by atoms with Crippen LogP contribution in [0.3, 0.4) is 0 Å². The molecule has 1 aromatic heterocycles. The molecule has 0 saturated heterocycles. The monoisotopic (exact) mass is 743 g/mol. The summed E-state index contributed by atoms with van der Waals surface area (Å²) in [4.78, 5) is 7.65. The van der Waals surface area contributed by atoms with Gasteiger partial charge in [0.05, 0.1) is 23.1 Å². The Hall–Kier alpha value is -7.69. The summed E-state index contributed by atoms with van der Waals surface area (Å²) < 4.78 is 6.80. The van der Waals surface area contributed by atoms with Gasteiger partial charge in [-0.2, -0.15) is 0 Å². The number of fused-ring (bicyclic) bond motifs is 5. The summed E-state index contributed by atoms with van der Waals surface area (Å²) in [5.74, 6) is 0. The van der Waals surface area contributed by atoms with Crippen molar-refractivity contribution in [1.29, 1.82) is 0 Å². The molecule has 4 heteroatoms. The fourth-order valence-electron chi connectivity index (χ4n) is 8.43. The van der Waals surface area contributed by atoms with Crippen molar-refractivity contribution < 1.29 is 4.42 Å². The second-order valence-corrected chi connectivity index (χ2v) is 14.8.